The van der Waals surface area contributed by atoms with Crippen molar-refractivity contribution in [1.82, 2.24) is 14.9 Å². The SMILES string of the molecule is CCNc1ncnc(NC(C)CN(C)C)c1OC. The molecule has 0 saturated carbocycles. The lowest BCUT2D eigenvalue weighted by Crippen LogP contribution is -2.30. The van der Waals surface area contributed by atoms with E-state index < -0.39 is 0 Å². The van der Waals surface area contributed by atoms with Gasteiger partial charge < -0.3 is 20.3 Å². The van der Waals surface area contributed by atoms with Gasteiger partial charge in [0.2, 0.25) is 5.75 Å². The van der Waals surface area contributed by atoms with Crippen molar-refractivity contribution in [2.24, 2.45) is 0 Å². The Kier molecular flexibility index (Phi) is 5.64. The topological polar surface area (TPSA) is 62.3 Å². The predicted octanol–water partition coefficient (Wildman–Crippen LogP) is 1.28. The van der Waals surface area contributed by atoms with Crippen LogP contribution < -0.4 is 15.4 Å². The number of ether oxygens (including phenoxy) is 1. The highest BCUT2D eigenvalue weighted by molar-refractivity contribution is 5.63. The number of nitrogens with one attached hydrogen (secondary N) is 2. The molecular formula is C12H23N5O. The summed E-state index contributed by atoms with van der Waals surface area (Å²) in [5, 5.41) is 6.49. The maximum absolute atomic E-state index is 5.37. The smallest absolute Gasteiger partial charge is 0.204 e. The minimum atomic E-state index is 0.276. The Balaban J connectivity index is 2.84. The monoisotopic (exact) mass is 253 g/mol. The number of nitrogens with zero attached hydrogens (tertiary/aromatic N) is 3. The van der Waals surface area contributed by atoms with E-state index in [1.54, 1.807) is 7.11 Å². The van der Waals surface area contributed by atoms with E-state index in [2.05, 4.69) is 32.4 Å². The summed E-state index contributed by atoms with van der Waals surface area (Å²) < 4.78 is 5.37. The van der Waals surface area contributed by atoms with E-state index in [0.717, 1.165) is 24.7 Å². The lowest BCUT2D eigenvalue weighted by molar-refractivity contribution is 0.388. The zero-order valence-corrected chi connectivity index (χ0v) is 11.8. The molecule has 102 valence electrons. The van der Waals surface area contributed by atoms with Crippen molar-refractivity contribution in [3.8, 4) is 5.75 Å². The van der Waals surface area contributed by atoms with Gasteiger partial charge in [-0.1, -0.05) is 0 Å². The van der Waals surface area contributed by atoms with E-state index in [1.165, 1.54) is 6.33 Å². The molecule has 2 N–H and O–H groups in total. The quantitative estimate of drug-likeness (QED) is 0.763. The second-order valence-electron chi connectivity index (χ2n) is 4.44. The second-order valence-corrected chi connectivity index (χ2v) is 4.44. The first-order valence-electron chi connectivity index (χ1n) is 6.12. The number of hydrogen-bond donors (Lipinski definition) is 2. The number of hydrogen-bond acceptors (Lipinski definition) is 6. The summed E-state index contributed by atoms with van der Waals surface area (Å²) in [4.78, 5) is 10.5. The summed E-state index contributed by atoms with van der Waals surface area (Å²) in [6.07, 6.45) is 1.53. The molecule has 0 fully saturated rings. The summed E-state index contributed by atoms with van der Waals surface area (Å²) >= 11 is 0. The molecule has 1 atom stereocenters. The van der Waals surface area contributed by atoms with Crippen molar-refractivity contribution >= 4 is 11.6 Å². The molecule has 1 rings (SSSR count). The van der Waals surface area contributed by atoms with Crippen LogP contribution in [0.1, 0.15) is 13.8 Å². The molecule has 0 radical (unpaired) electrons. The summed E-state index contributed by atoms with van der Waals surface area (Å²) in [5.41, 5.74) is 0. The molecule has 6 heteroatoms. The van der Waals surface area contributed by atoms with E-state index in [4.69, 9.17) is 4.74 Å². The highest BCUT2D eigenvalue weighted by atomic mass is 16.5. The van der Waals surface area contributed by atoms with Crippen molar-refractivity contribution in [1.29, 1.82) is 0 Å². The fourth-order valence-corrected chi connectivity index (χ4v) is 1.79. The molecule has 1 heterocycles. The molecule has 6 nitrogen and oxygen atoms in total. The van der Waals surface area contributed by atoms with E-state index in [0.29, 0.717) is 5.75 Å². The largest absolute Gasteiger partial charge is 0.490 e. The van der Waals surface area contributed by atoms with Gasteiger partial charge in [-0.05, 0) is 27.9 Å². The molecule has 0 spiro atoms. The van der Waals surface area contributed by atoms with Crippen LogP contribution in [-0.2, 0) is 0 Å². The Morgan fingerprint density at radius 3 is 2.56 bits per heavy atom. The van der Waals surface area contributed by atoms with Crippen molar-refractivity contribution < 1.29 is 4.74 Å². The number of anilines is 2. The molecule has 1 aromatic rings. The maximum atomic E-state index is 5.37. The lowest BCUT2D eigenvalue weighted by Gasteiger charge is -2.20. The first-order chi connectivity index (χ1) is 8.58. The van der Waals surface area contributed by atoms with Crippen molar-refractivity contribution in [2.45, 2.75) is 19.9 Å². The third-order valence-corrected chi connectivity index (χ3v) is 2.37. The molecule has 0 aliphatic carbocycles. The van der Waals surface area contributed by atoms with Crippen LogP contribution in [0.15, 0.2) is 6.33 Å². The van der Waals surface area contributed by atoms with E-state index in [9.17, 15) is 0 Å². The van der Waals surface area contributed by atoms with Crippen LogP contribution in [0.25, 0.3) is 0 Å². The van der Waals surface area contributed by atoms with Crippen molar-refractivity contribution in [2.75, 3.05) is 44.9 Å². The molecule has 0 bridgehead atoms. The second kappa shape index (κ2) is 7.00. The summed E-state index contributed by atoms with van der Waals surface area (Å²) in [6, 6.07) is 0.276. The van der Waals surface area contributed by atoms with Gasteiger partial charge in [0.25, 0.3) is 0 Å². The third kappa shape index (κ3) is 4.03. The number of methoxy groups -OCH3 is 1. The Labute approximate surface area is 109 Å². The van der Waals surface area contributed by atoms with Crippen LogP contribution in [0.3, 0.4) is 0 Å². The molecule has 0 amide bonds. The minimum absolute atomic E-state index is 0.276. The number of rotatable bonds is 7. The Hall–Kier alpha value is -1.56. The molecule has 0 saturated heterocycles. The van der Waals surface area contributed by atoms with Gasteiger partial charge in [-0.25, -0.2) is 9.97 Å². The summed E-state index contributed by atoms with van der Waals surface area (Å²) in [7, 11) is 5.71. The zero-order valence-electron chi connectivity index (χ0n) is 11.8. The van der Waals surface area contributed by atoms with E-state index >= 15 is 0 Å². The highest BCUT2D eigenvalue weighted by Crippen LogP contribution is 2.29. The van der Waals surface area contributed by atoms with Gasteiger partial charge in [-0.15, -0.1) is 0 Å². The van der Waals surface area contributed by atoms with Crippen LogP contribution in [-0.4, -0.2) is 55.2 Å². The fraction of sp³-hybridized carbons (Fsp3) is 0.667. The van der Waals surface area contributed by atoms with Gasteiger partial charge in [0.05, 0.1) is 7.11 Å². The van der Waals surface area contributed by atoms with Crippen LogP contribution >= 0.6 is 0 Å². The molecule has 18 heavy (non-hydrogen) atoms. The normalized spacial score (nSPS) is 12.3. The molecule has 0 aliphatic rings. The van der Waals surface area contributed by atoms with Crippen molar-refractivity contribution in [3.05, 3.63) is 6.33 Å². The van der Waals surface area contributed by atoms with Gasteiger partial charge in [-0.2, -0.15) is 0 Å². The zero-order chi connectivity index (χ0) is 13.5. The number of aromatic nitrogens is 2. The maximum Gasteiger partial charge on any atom is 0.204 e. The average molecular weight is 253 g/mol. The Morgan fingerprint density at radius 2 is 2.00 bits per heavy atom. The molecule has 1 aromatic heterocycles. The van der Waals surface area contributed by atoms with Gasteiger partial charge in [-0.3, -0.25) is 0 Å². The fourth-order valence-electron chi connectivity index (χ4n) is 1.79. The van der Waals surface area contributed by atoms with Crippen molar-refractivity contribution in [3.63, 3.8) is 0 Å². The molecule has 1 unspecified atom stereocenters. The predicted molar refractivity (Wildman–Crippen MR) is 74.4 cm³/mol. The van der Waals surface area contributed by atoms with Gasteiger partial charge in [0, 0.05) is 19.1 Å². The van der Waals surface area contributed by atoms with Crippen LogP contribution in [0.5, 0.6) is 5.75 Å². The first-order valence-corrected chi connectivity index (χ1v) is 6.12. The summed E-state index contributed by atoms with van der Waals surface area (Å²) in [5.74, 6) is 2.09. The molecule has 0 aliphatic heterocycles. The van der Waals surface area contributed by atoms with E-state index in [-0.39, 0.29) is 6.04 Å². The van der Waals surface area contributed by atoms with Gasteiger partial charge in [0.15, 0.2) is 11.6 Å². The Bertz CT molecular complexity index is 369. The molecule has 0 aromatic carbocycles. The minimum Gasteiger partial charge on any atom is -0.490 e. The van der Waals surface area contributed by atoms with Crippen LogP contribution in [0.4, 0.5) is 11.6 Å². The van der Waals surface area contributed by atoms with Gasteiger partial charge >= 0.3 is 0 Å². The standard InChI is InChI=1S/C12H23N5O/c1-6-13-11-10(18-5)12(15-8-14-11)16-9(2)7-17(3)4/h8-9H,6-7H2,1-5H3,(H2,13,14,15,16). The van der Waals surface area contributed by atoms with Crippen LogP contribution in [0, 0.1) is 0 Å². The third-order valence-electron chi connectivity index (χ3n) is 2.37. The average Bonchev–Trinajstić information content (AvgIpc) is 2.28. The highest BCUT2D eigenvalue weighted by Gasteiger charge is 2.13. The van der Waals surface area contributed by atoms with Gasteiger partial charge in [0.1, 0.15) is 6.33 Å². The summed E-state index contributed by atoms with van der Waals surface area (Å²) in [6.45, 7) is 5.83. The molecular weight excluding hydrogens is 230 g/mol. The van der Waals surface area contributed by atoms with Crippen LogP contribution in [0.2, 0.25) is 0 Å². The Morgan fingerprint density at radius 1 is 1.33 bits per heavy atom. The first kappa shape index (κ1) is 14.5. The van der Waals surface area contributed by atoms with E-state index in [1.807, 2.05) is 21.0 Å². The number of likely N-dealkylation sites (N-methyl/N-ethyl adjacent to an activating group) is 1. The lowest BCUT2D eigenvalue weighted by atomic mass is 10.3.